The molecule has 0 amide bonds. The fourth-order valence-electron chi connectivity index (χ4n) is 0.732. The van der Waals surface area contributed by atoms with Crippen molar-refractivity contribution in [2.45, 2.75) is 32.4 Å². The number of hydrogen-bond acceptors (Lipinski definition) is 2. The summed E-state index contributed by atoms with van der Waals surface area (Å²) in [5.74, 6) is -5.80. The van der Waals surface area contributed by atoms with E-state index in [2.05, 4.69) is 4.74 Å². The fraction of sp³-hybridized carbons (Fsp3) is 0.889. The van der Waals surface area contributed by atoms with Gasteiger partial charge in [-0.25, -0.2) is 0 Å². The standard InChI is InChI=1S/C9H13F5O2/c1-3-6(2)7(15)4-16-5-8(10,11)9(12,13)14/h6H,3-5H2,1-2H3. The zero-order chi connectivity index (χ0) is 13.0. The SMILES string of the molecule is CCC(C)C(=O)COCC(F)(F)C(F)(F)F. The first kappa shape index (κ1) is 15.3. The summed E-state index contributed by atoms with van der Waals surface area (Å²) < 4.78 is 63.7. The number of carbonyl (C=O) groups is 1. The Kier molecular flexibility index (Phi) is 5.31. The minimum atomic E-state index is -5.65. The molecular weight excluding hydrogens is 235 g/mol. The largest absolute Gasteiger partial charge is 0.455 e. The predicted molar refractivity (Wildman–Crippen MR) is 46.3 cm³/mol. The summed E-state index contributed by atoms with van der Waals surface area (Å²) in [5.41, 5.74) is 0. The molecule has 0 radical (unpaired) electrons. The first-order valence-corrected chi connectivity index (χ1v) is 4.66. The number of alkyl halides is 5. The molecule has 0 bridgehead atoms. The van der Waals surface area contributed by atoms with E-state index in [0.29, 0.717) is 6.42 Å². The molecule has 0 N–H and O–H groups in total. The number of rotatable bonds is 6. The molecule has 16 heavy (non-hydrogen) atoms. The second-order valence-corrected chi connectivity index (χ2v) is 3.47. The molecule has 0 aliphatic carbocycles. The van der Waals surface area contributed by atoms with E-state index < -0.39 is 37.0 Å². The van der Waals surface area contributed by atoms with Gasteiger partial charge in [-0.2, -0.15) is 22.0 Å². The maximum atomic E-state index is 12.3. The molecule has 1 atom stereocenters. The molecule has 0 heterocycles. The average Bonchev–Trinajstić information content (AvgIpc) is 2.14. The smallest absolute Gasteiger partial charge is 0.367 e. The summed E-state index contributed by atoms with van der Waals surface area (Å²) >= 11 is 0. The van der Waals surface area contributed by atoms with Gasteiger partial charge in [-0.3, -0.25) is 4.79 Å². The second kappa shape index (κ2) is 5.56. The molecule has 0 saturated carbocycles. The van der Waals surface area contributed by atoms with Crippen molar-refractivity contribution in [2.24, 2.45) is 5.92 Å². The van der Waals surface area contributed by atoms with Crippen LogP contribution >= 0.6 is 0 Å². The van der Waals surface area contributed by atoms with Gasteiger partial charge in [0.15, 0.2) is 5.78 Å². The zero-order valence-electron chi connectivity index (χ0n) is 8.90. The van der Waals surface area contributed by atoms with Gasteiger partial charge in [-0.15, -0.1) is 0 Å². The van der Waals surface area contributed by atoms with E-state index in [1.54, 1.807) is 13.8 Å². The molecule has 7 heteroatoms. The first-order valence-electron chi connectivity index (χ1n) is 4.66. The molecule has 0 rings (SSSR count). The molecular formula is C9H13F5O2. The van der Waals surface area contributed by atoms with Crippen molar-refractivity contribution >= 4 is 5.78 Å². The minimum absolute atomic E-state index is 0.403. The van der Waals surface area contributed by atoms with Crippen LogP contribution in [0.25, 0.3) is 0 Å². The van der Waals surface area contributed by atoms with Gasteiger partial charge in [-0.1, -0.05) is 13.8 Å². The number of carbonyl (C=O) groups excluding carboxylic acids is 1. The van der Waals surface area contributed by atoms with Crippen LogP contribution in [0.2, 0.25) is 0 Å². The summed E-state index contributed by atoms with van der Waals surface area (Å²) in [7, 11) is 0. The highest BCUT2D eigenvalue weighted by molar-refractivity contribution is 5.81. The van der Waals surface area contributed by atoms with Crippen molar-refractivity contribution in [1.29, 1.82) is 0 Å². The topological polar surface area (TPSA) is 26.3 Å². The lowest BCUT2D eigenvalue weighted by Crippen LogP contribution is -2.41. The van der Waals surface area contributed by atoms with Crippen LogP contribution in [0, 0.1) is 5.92 Å². The molecule has 1 unspecified atom stereocenters. The molecule has 0 aromatic carbocycles. The lowest BCUT2D eigenvalue weighted by atomic mass is 10.1. The quantitative estimate of drug-likeness (QED) is 0.675. The molecule has 0 aliphatic heterocycles. The van der Waals surface area contributed by atoms with E-state index in [-0.39, 0.29) is 0 Å². The van der Waals surface area contributed by atoms with Crippen molar-refractivity contribution in [3.63, 3.8) is 0 Å². The highest BCUT2D eigenvalue weighted by Gasteiger charge is 2.57. The van der Waals surface area contributed by atoms with E-state index >= 15 is 0 Å². The maximum Gasteiger partial charge on any atom is 0.455 e. The van der Waals surface area contributed by atoms with Crippen LogP contribution in [0.5, 0.6) is 0 Å². The maximum absolute atomic E-state index is 12.3. The molecule has 96 valence electrons. The predicted octanol–water partition coefficient (Wildman–Crippen LogP) is 2.82. The summed E-state index contributed by atoms with van der Waals surface area (Å²) in [6.45, 7) is 0.708. The average molecular weight is 248 g/mol. The molecule has 0 saturated heterocycles. The van der Waals surface area contributed by atoms with E-state index in [4.69, 9.17) is 0 Å². The Morgan fingerprint density at radius 2 is 1.75 bits per heavy atom. The third-order valence-electron chi connectivity index (χ3n) is 2.10. The van der Waals surface area contributed by atoms with Gasteiger partial charge in [0.05, 0.1) is 0 Å². The van der Waals surface area contributed by atoms with Crippen LogP contribution in [-0.2, 0) is 9.53 Å². The molecule has 0 spiro atoms. The molecule has 2 nitrogen and oxygen atoms in total. The van der Waals surface area contributed by atoms with Gasteiger partial charge in [-0.05, 0) is 6.42 Å². The number of hydrogen-bond donors (Lipinski definition) is 0. The Hall–Kier alpha value is -0.720. The summed E-state index contributed by atoms with van der Waals surface area (Å²) in [5, 5.41) is 0. The minimum Gasteiger partial charge on any atom is -0.367 e. The van der Waals surface area contributed by atoms with Gasteiger partial charge >= 0.3 is 12.1 Å². The van der Waals surface area contributed by atoms with E-state index in [9.17, 15) is 26.7 Å². The van der Waals surface area contributed by atoms with Gasteiger partial charge in [0.25, 0.3) is 0 Å². The highest BCUT2D eigenvalue weighted by atomic mass is 19.4. The van der Waals surface area contributed by atoms with Crippen molar-refractivity contribution in [2.75, 3.05) is 13.2 Å². The number of Topliss-reactive ketones (excluding diaryl/α,β-unsaturated/α-hetero) is 1. The summed E-state index contributed by atoms with van der Waals surface area (Å²) in [6, 6.07) is 0. The number of halogens is 5. The lowest BCUT2D eigenvalue weighted by molar-refractivity contribution is -0.296. The fourth-order valence-corrected chi connectivity index (χ4v) is 0.732. The Bertz CT molecular complexity index is 237. The van der Waals surface area contributed by atoms with Crippen LogP contribution in [0.15, 0.2) is 0 Å². The second-order valence-electron chi connectivity index (χ2n) is 3.47. The third kappa shape index (κ3) is 4.42. The lowest BCUT2D eigenvalue weighted by Gasteiger charge is -2.19. The monoisotopic (exact) mass is 248 g/mol. The van der Waals surface area contributed by atoms with Crippen LogP contribution in [0.4, 0.5) is 22.0 Å². The zero-order valence-corrected chi connectivity index (χ0v) is 8.90. The van der Waals surface area contributed by atoms with Crippen LogP contribution in [0.3, 0.4) is 0 Å². The molecule has 0 aromatic heterocycles. The van der Waals surface area contributed by atoms with E-state index in [0.717, 1.165) is 0 Å². The van der Waals surface area contributed by atoms with Crippen LogP contribution in [-0.4, -0.2) is 31.1 Å². The summed E-state index contributed by atoms with van der Waals surface area (Å²) in [4.78, 5) is 11.1. The molecule has 0 aliphatic rings. The Morgan fingerprint density at radius 3 is 2.12 bits per heavy atom. The Morgan fingerprint density at radius 1 is 1.25 bits per heavy atom. The number of ketones is 1. The van der Waals surface area contributed by atoms with Crippen LogP contribution in [0.1, 0.15) is 20.3 Å². The van der Waals surface area contributed by atoms with Crippen molar-refractivity contribution < 1.29 is 31.5 Å². The highest BCUT2D eigenvalue weighted by Crippen LogP contribution is 2.35. The first-order chi connectivity index (χ1) is 7.12. The van der Waals surface area contributed by atoms with Crippen molar-refractivity contribution in [3.8, 4) is 0 Å². The Labute approximate surface area is 89.8 Å². The van der Waals surface area contributed by atoms with Gasteiger partial charge in [0.2, 0.25) is 0 Å². The number of ether oxygens (including phenoxy) is 1. The van der Waals surface area contributed by atoms with Crippen molar-refractivity contribution in [1.82, 2.24) is 0 Å². The van der Waals surface area contributed by atoms with E-state index in [1.165, 1.54) is 0 Å². The molecule has 0 fully saturated rings. The van der Waals surface area contributed by atoms with Gasteiger partial charge < -0.3 is 4.74 Å². The third-order valence-corrected chi connectivity index (χ3v) is 2.10. The summed E-state index contributed by atoms with van der Waals surface area (Å²) in [6.07, 6.45) is -5.16. The van der Waals surface area contributed by atoms with E-state index in [1.807, 2.05) is 0 Å². The molecule has 0 aromatic rings. The van der Waals surface area contributed by atoms with Gasteiger partial charge in [0.1, 0.15) is 13.2 Å². The van der Waals surface area contributed by atoms with Gasteiger partial charge in [0, 0.05) is 5.92 Å². The van der Waals surface area contributed by atoms with Crippen molar-refractivity contribution in [3.05, 3.63) is 0 Å². The van der Waals surface area contributed by atoms with Crippen LogP contribution < -0.4 is 0 Å². The Balaban J connectivity index is 4.04. The normalized spacial score (nSPS) is 14.9.